The molecule has 4 aromatic carbocycles. The summed E-state index contributed by atoms with van der Waals surface area (Å²) in [6.07, 6.45) is 30.4. The third kappa shape index (κ3) is 6.03. The zero-order valence-corrected chi connectivity index (χ0v) is 34.5. The highest BCUT2D eigenvalue weighted by molar-refractivity contribution is 6.01. The third-order valence-electron chi connectivity index (χ3n) is 14.4. The van der Waals surface area contributed by atoms with Gasteiger partial charge >= 0.3 is 0 Å². The first-order valence-electron chi connectivity index (χ1n) is 22.6. The zero-order valence-electron chi connectivity index (χ0n) is 34.5. The maximum Gasteiger partial charge on any atom is 0.151 e. The summed E-state index contributed by atoms with van der Waals surface area (Å²) in [7, 11) is 0. The van der Waals surface area contributed by atoms with Crippen LogP contribution in [0.15, 0.2) is 139 Å². The number of rotatable bonds is 3. The molecule has 7 aromatic rings. The van der Waals surface area contributed by atoms with E-state index in [0.717, 1.165) is 85.9 Å². The van der Waals surface area contributed by atoms with E-state index in [2.05, 4.69) is 137 Å². The molecule has 3 aromatic heterocycles. The Kier molecular flexibility index (Phi) is 8.14. The number of benzene rings is 4. The lowest BCUT2D eigenvalue weighted by molar-refractivity contribution is 0.588. The van der Waals surface area contributed by atoms with Crippen LogP contribution in [0.2, 0.25) is 0 Å². The monoisotopic (exact) mass is 796 g/mol. The topological polar surface area (TPSA) is 45.9 Å². The van der Waals surface area contributed by atoms with Crippen molar-refractivity contribution < 1.29 is 13.3 Å². The predicted molar refractivity (Wildman–Crippen MR) is 252 cm³/mol. The molecule has 61 heavy (non-hydrogen) atoms. The summed E-state index contributed by atoms with van der Waals surface area (Å²) in [4.78, 5) is 5.11. The molecule has 2 saturated heterocycles. The van der Waals surface area contributed by atoms with Gasteiger partial charge in [0, 0.05) is 47.9 Å². The van der Waals surface area contributed by atoms with Gasteiger partial charge in [0.1, 0.15) is 22.5 Å². The van der Waals surface area contributed by atoms with Gasteiger partial charge in [0.2, 0.25) is 0 Å². The van der Waals surface area contributed by atoms with Crippen molar-refractivity contribution in [3.05, 3.63) is 149 Å². The van der Waals surface area contributed by atoms with Crippen LogP contribution in [0.25, 0.3) is 84.5 Å². The SMILES string of the molecule is C1=Cc2oc3ccc(-c4cc(-c5ccc6oc7c(c6c5)N5CCCC/C(=C/C=C7)CC5)cc(-c5ccc6oc7c(c6c5)N5CCC/C(=C/C=C7)C5)c4)cc3c2C2CCC(=C1)C2. The number of nitrogens with zero attached hydrogens (tertiary/aromatic N) is 2. The second-order valence-electron chi connectivity index (χ2n) is 18.2. The average molecular weight is 797 g/mol. The van der Waals surface area contributed by atoms with Gasteiger partial charge in [-0.3, -0.25) is 0 Å². The van der Waals surface area contributed by atoms with Gasteiger partial charge in [0.05, 0.1) is 11.4 Å². The molecule has 3 fully saturated rings. The number of furan rings is 3. The van der Waals surface area contributed by atoms with E-state index >= 15 is 0 Å². The molecule has 6 aliphatic rings. The van der Waals surface area contributed by atoms with Crippen molar-refractivity contribution >= 4 is 62.5 Å². The number of anilines is 2. The zero-order chi connectivity index (χ0) is 40.0. The minimum atomic E-state index is 0.489. The lowest BCUT2D eigenvalue weighted by atomic mass is 9.90. The molecule has 7 heterocycles. The lowest BCUT2D eigenvalue weighted by Crippen LogP contribution is -2.31. The molecule has 0 amide bonds. The smallest absolute Gasteiger partial charge is 0.151 e. The Morgan fingerprint density at radius 2 is 1.00 bits per heavy atom. The van der Waals surface area contributed by atoms with E-state index in [1.165, 1.54) is 110 Å². The molecule has 2 aliphatic carbocycles. The first kappa shape index (κ1) is 35.3. The molecule has 300 valence electrons. The van der Waals surface area contributed by atoms with Crippen molar-refractivity contribution in [1.29, 1.82) is 0 Å². The minimum absolute atomic E-state index is 0.489. The Morgan fingerprint density at radius 3 is 1.70 bits per heavy atom. The molecule has 1 saturated carbocycles. The van der Waals surface area contributed by atoms with Gasteiger partial charge in [-0.05, 0) is 170 Å². The van der Waals surface area contributed by atoms with E-state index < -0.39 is 0 Å². The third-order valence-corrected chi connectivity index (χ3v) is 14.4. The summed E-state index contributed by atoms with van der Waals surface area (Å²) in [5, 5.41) is 3.61. The number of allylic oxidation sites excluding steroid dienone is 7. The fourth-order valence-electron chi connectivity index (χ4n) is 11.3. The van der Waals surface area contributed by atoms with Crippen LogP contribution in [0.1, 0.15) is 86.5 Å². The Labute approximate surface area is 356 Å². The highest BCUT2D eigenvalue weighted by Crippen LogP contribution is 2.47. The molecule has 5 heteroatoms. The van der Waals surface area contributed by atoms with Gasteiger partial charge < -0.3 is 23.1 Å². The van der Waals surface area contributed by atoms with Crippen LogP contribution in [0.5, 0.6) is 0 Å². The molecular formula is C56H48N2O3. The van der Waals surface area contributed by atoms with Gasteiger partial charge in [-0.1, -0.05) is 71.4 Å². The van der Waals surface area contributed by atoms with Gasteiger partial charge in [0.15, 0.2) is 11.5 Å². The van der Waals surface area contributed by atoms with Crippen LogP contribution in [0, 0.1) is 0 Å². The van der Waals surface area contributed by atoms with Crippen molar-refractivity contribution in [3.63, 3.8) is 0 Å². The van der Waals surface area contributed by atoms with Crippen molar-refractivity contribution in [2.45, 2.75) is 63.7 Å². The highest BCUT2D eigenvalue weighted by Gasteiger charge is 2.29. The molecule has 0 N–H and O–H groups in total. The van der Waals surface area contributed by atoms with Crippen molar-refractivity contribution in [3.8, 4) is 33.4 Å². The number of hydrogen-bond acceptors (Lipinski definition) is 5. The van der Waals surface area contributed by atoms with E-state index in [4.69, 9.17) is 13.3 Å². The molecule has 5 nitrogen and oxygen atoms in total. The van der Waals surface area contributed by atoms with Crippen molar-refractivity contribution in [2.75, 3.05) is 36.0 Å². The maximum absolute atomic E-state index is 6.64. The van der Waals surface area contributed by atoms with Gasteiger partial charge in [0.25, 0.3) is 0 Å². The van der Waals surface area contributed by atoms with Crippen LogP contribution < -0.4 is 9.80 Å². The quantitative estimate of drug-likeness (QED) is 0.178. The Balaban J connectivity index is 0.987. The number of fused-ring (bicyclic) bond motifs is 19. The fourth-order valence-corrected chi connectivity index (χ4v) is 11.3. The van der Waals surface area contributed by atoms with Crippen LogP contribution in [-0.4, -0.2) is 26.2 Å². The number of hydrogen-bond donors (Lipinski definition) is 0. The van der Waals surface area contributed by atoms with E-state index in [9.17, 15) is 0 Å². The molecule has 6 bridgehead atoms. The molecule has 1 unspecified atom stereocenters. The standard InChI is InChI=1S/C56H48N2O3/c1-2-24-57-26-23-35(7-1)8-3-13-52-55(57)46-32-39(18-21-49(46)60-52)43-28-42(38-17-20-48-45(31-38)54-41-16-15-36(27-41)9-4-12-51(54)59-48)29-44(30-43)40-19-22-50-47(33-40)56-53(61-50)14-5-10-37-11-6-25-58(56)34-37/h3-5,8-10,12-14,17-22,28-33,41H,1-2,6-7,11,15-16,23-27,34H2/b12-4?,13-3?,14-5?,35-8-,36-9?,37-10-. The van der Waals surface area contributed by atoms with Gasteiger partial charge in [-0.25, -0.2) is 0 Å². The summed E-state index contributed by atoms with van der Waals surface area (Å²) in [6.45, 7) is 4.05. The Hall–Kier alpha value is -6.46. The van der Waals surface area contributed by atoms with Crippen molar-refractivity contribution in [2.24, 2.45) is 0 Å². The van der Waals surface area contributed by atoms with Crippen molar-refractivity contribution in [1.82, 2.24) is 0 Å². The fraction of sp³-hybridized carbons (Fsp3) is 0.250. The first-order chi connectivity index (χ1) is 30.1. The van der Waals surface area contributed by atoms with E-state index in [1.54, 1.807) is 5.57 Å². The summed E-state index contributed by atoms with van der Waals surface area (Å²) in [5.74, 6) is 3.41. The summed E-state index contributed by atoms with van der Waals surface area (Å²) < 4.78 is 19.7. The molecule has 13 rings (SSSR count). The first-order valence-corrected chi connectivity index (χ1v) is 22.6. The Morgan fingerprint density at radius 1 is 0.443 bits per heavy atom. The summed E-state index contributed by atoms with van der Waals surface area (Å²) in [6, 6.07) is 27.6. The van der Waals surface area contributed by atoms with E-state index in [0.29, 0.717) is 5.92 Å². The Bertz CT molecular complexity index is 3150. The summed E-state index contributed by atoms with van der Waals surface area (Å²) in [5.41, 5.74) is 18.4. The van der Waals surface area contributed by atoms with Gasteiger partial charge in [-0.2, -0.15) is 0 Å². The molecular weight excluding hydrogens is 749 g/mol. The second-order valence-corrected chi connectivity index (χ2v) is 18.2. The largest absolute Gasteiger partial charge is 0.456 e. The normalized spacial score (nSPS) is 21.2. The predicted octanol–water partition coefficient (Wildman–Crippen LogP) is 15.0. The highest BCUT2D eigenvalue weighted by atomic mass is 16.3. The van der Waals surface area contributed by atoms with Crippen LogP contribution in [0.3, 0.4) is 0 Å². The maximum atomic E-state index is 6.64. The van der Waals surface area contributed by atoms with Crippen LogP contribution in [-0.2, 0) is 0 Å². The molecule has 0 radical (unpaired) electrons. The van der Waals surface area contributed by atoms with Crippen LogP contribution in [0.4, 0.5) is 11.4 Å². The molecule has 0 spiro atoms. The van der Waals surface area contributed by atoms with Crippen LogP contribution >= 0.6 is 0 Å². The van der Waals surface area contributed by atoms with E-state index in [1.807, 2.05) is 0 Å². The lowest BCUT2D eigenvalue weighted by Gasteiger charge is -2.31. The average Bonchev–Trinajstić information content (AvgIpc) is 4.06. The van der Waals surface area contributed by atoms with Gasteiger partial charge in [-0.15, -0.1) is 0 Å². The second kappa shape index (κ2) is 14.1. The number of piperidine rings is 1. The van der Waals surface area contributed by atoms with E-state index in [-0.39, 0.29) is 0 Å². The molecule has 4 aliphatic heterocycles. The summed E-state index contributed by atoms with van der Waals surface area (Å²) >= 11 is 0. The minimum Gasteiger partial charge on any atom is -0.456 e. The molecule has 1 atom stereocenters.